The molecule has 4 nitrogen and oxygen atoms in total. The molecule has 0 radical (unpaired) electrons. The molecule has 4 heteroatoms. The van der Waals surface area contributed by atoms with Gasteiger partial charge in [0.1, 0.15) is 0 Å². The molecule has 1 fully saturated rings. The Morgan fingerprint density at radius 2 is 1.93 bits per heavy atom. The summed E-state index contributed by atoms with van der Waals surface area (Å²) in [4.78, 5) is 4.40. The minimum Gasteiger partial charge on any atom is -0.337 e. The Morgan fingerprint density at radius 3 is 2.47 bits per heavy atom. The molecule has 1 aromatic heterocycles. The number of nitrogens with zero attached hydrogens (tertiary/aromatic N) is 2. The number of hydrogen-bond donors (Lipinski definition) is 1. The van der Waals surface area contributed by atoms with Crippen LogP contribution in [0.3, 0.4) is 0 Å². The second-order valence-corrected chi connectivity index (χ2v) is 4.83. The minimum absolute atomic E-state index is 0.301. The van der Waals surface area contributed by atoms with E-state index in [4.69, 9.17) is 10.3 Å². The Bertz CT molecular complexity index is 326. The van der Waals surface area contributed by atoms with Crippen LogP contribution in [0.4, 0.5) is 0 Å². The van der Waals surface area contributed by atoms with Crippen LogP contribution < -0.4 is 5.73 Å². The third-order valence-electron chi connectivity index (χ3n) is 3.13. The van der Waals surface area contributed by atoms with Gasteiger partial charge >= 0.3 is 0 Å². The van der Waals surface area contributed by atoms with Crippen LogP contribution in [0.25, 0.3) is 0 Å². The molecule has 0 spiro atoms. The van der Waals surface area contributed by atoms with Crippen molar-refractivity contribution in [2.24, 2.45) is 5.73 Å². The zero-order chi connectivity index (χ0) is 10.9. The maximum Gasteiger partial charge on any atom is 0.246 e. The summed E-state index contributed by atoms with van der Waals surface area (Å²) >= 11 is 0. The molecule has 0 aliphatic heterocycles. The predicted octanol–water partition coefficient (Wildman–Crippen LogP) is 2.31. The zero-order valence-electron chi connectivity index (χ0n) is 9.49. The van der Waals surface area contributed by atoms with Gasteiger partial charge in [-0.3, -0.25) is 0 Å². The van der Waals surface area contributed by atoms with Gasteiger partial charge in [0.15, 0.2) is 5.82 Å². The first-order chi connectivity index (χ1) is 7.12. The number of hydrogen-bond acceptors (Lipinski definition) is 4. The Balaban J connectivity index is 2.20. The Hall–Kier alpha value is -0.900. The summed E-state index contributed by atoms with van der Waals surface area (Å²) in [6, 6.07) is 0. The predicted molar refractivity (Wildman–Crippen MR) is 57.3 cm³/mol. The van der Waals surface area contributed by atoms with Crippen LogP contribution in [-0.2, 0) is 5.54 Å². The fourth-order valence-corrected chi connectivity index (χ4v) is 2.07. The lowest BCUT2D eigenvalue weighted by atomic mass is 9.82. The van der Waals surface area contributed by atoms with E-state index in [0.717, 1.165) is 31.5 Å². The van der Waals surface area contributed by atoms with Gasteiger partial charge in [-0.15, -0.1) is 0 Å². The quantitative estimate of drug-likeness (QED) is 0.811. The van der Waals surface area contributed by atoms with E-state index in [1.54, 1.807) is 0 Å². The lowest BCUT2D eigenvalue weighted by Gasteiger charge is -2.29. The highest BCUT2D eigenvalue weighted by Crippen LogP contribution is 2.34. The molecular formula is C11H19N3O. The first-order valence-corrected chi connectivity index (χ1v) is 5.75. The van der Waals surface area contributed by atoms with Gasteiger partial charge in [-0.25, -0.2) is 0 Å². The lowest BCUT2D eigenvalue weighted by molar-refractivity contribution is 0.219. The number of rotatable bonds is 2. The molecule has 84 valence electrons. The number of aromatic nitrogens is 2. The van der Waals surface area contributed by atoms with Crippen LogP contribution in [0, 0.1) is 0 Å². The Labute approximate surface area is 90.2 Å². The van der Waals surface area contributed by atoms with Crippen LogP contribution in [0.2, 0.25) is 0 Å². The average molecular weight is 209 g/mol. The summed E-state index contributed by atoms with van der Waals surface area (Å²) in [6.07, 6.45) is 5.52. The zero-order valence-corrected chi connectivity index (χ0v) is 9.49. The molecule has 0 saturated heterocycles. The van der Waals surface area contributed by atoms with Crippen molar-refractivity contribution in [1.29, 1.82) is 0 Å². The van der Waals surface area contributed by atoms with Crippen molar-refractivity contribution < 1.29 is 4.52 Å². The van der Waals surface area contributed by atoms with Crippen LogP contribution in [0.5, 0.6) is 0 Å². The standard InChI is InChI=1S/C11H19N3O/c1-8(2)9-13-10(15-14-9)11(12)6-4-3-5-7-11/h8H,3-7,12H2,1-2H3. The molecule has 0 aromatic carbocycles. The Morgan fingerprint density at radius 1 is 1.27 bits per heavy atom. The fourth-order valence-electron chi connectivity index (χ4n) is 2.07. The lowest BCUT2D eigenvalue weighted by Crippen LogP contribution is -2.39. The molecule has 0 amide bonds. The highest BCUT2D eigenvalue weighted by atomic mass is 16.5. The SMILES string of the molecule is CC(C)c1noc(C2(N)CCCCC2)n1. The van der Waals surface area contributed by atoms with E-state index in [-0.39, 0.29) is 5.54 Å². The maximum absolute atomic E-state index is 6.30. The molecule has 0 unspecified atom stereocenters. The van der Waals surface area contributed by atoms with Crippen LogP contribution in [0.1, 0.15) is 63.6 Å². The summed E-state index contributed by atoms with van der Waals surface area (Å²) in [5.41, 5.74) is 5.93. The van der Waals surface area contributed by atoms with Gasteiger partial charge in [0, 0.05) is 5.92 Å². The topological polar surface area (TPSA) is 64.9 Å². The normalized spacial score (nSPS) is 20.8. The van der Waals surface area contributed by atoms with Crippen LogP contribution in [-0.4, -0.2) is 10.1 Å². The second-order valence-electron chi connectivity index (χ2n) is 4.83. The van der Waals surface area contributed by atoms with Crippen molar-refractivity contribution >= 4 is 0 Å². The van der Waals surface area contributed by atoms with E-state index in [9.17, 15) is 0 Å². The highest BCUT2D eigenvalue weighted by Gasteiger charge is 2.35. The monoisotopic (exact) mass is 209 g/mol. The highest BCUT2D eigenvalue weighted by molar-refractivity contribution is 5.04. The van der Waals surface area contributed by atoms with Crippen molar-refractivity contribution in [2.75, 3.05) is 0 Å². The molecule has 1 saturated carbocycles. The second kappa shape index (κ2) is 3.93. The van der Waals surface area contributed by atoms with Crippen molar-refractivity contribution in [2.45, 2.75) is 57.4 Å². The molecule has 0 atom stereocenters. The van der Waals surface area contributed by atoms with E-state index in [2.05, 4.69) is 24.0 Å². The van der Waals surface area contributed by atoms with E-state index < -0.39 is 0 Å². The molecule has 15 heavy (non-hydrogen) atoms. The van der Waals surface area contributed by atoms with Gasteiger partial charge < -0.3 is 10.3 Å². The minimum atomic E-state index is -0.363. The molecule has 1 aromatic rings. The third kappa shape index (κ3) is 2.04. The van der Waals surface area contributed by atoms with E-state index >= 15 is 0 Å². The molecular weight excluding hydrogens is 190 g/mol. The summed E-state index contributed by atoms with van der Waals surface area (Å²) in [7, 11) is 0. The first-order valence-electron chi connectivity index (χ1n) is 5.75. The Kier molecular flexibility index (Phi) is 2.78. The smallest absolute Gasteiger partial charge is 0.246 e. The molecule has 2 N–H and O–H groups in total. The van der Waals surface area contributed by atoms with Crippen molar-refractivity contribution in [3.05, 3.63) is 11.7 Å². The molecule has 1 aliphatic carbocycles. The van der Waals surface area contributed by atoms with Gasteiger partial charge in [-0.05, 0) is 12.8 Å². The number of nitrogens with two attached hydrogens (primary N) is 1. The summed E-state index contributed by atoms with van der Waals surface area (Å²) in [5, 5.41) is 3.97. The first kappa shape index (κ1) is 10.6. The maximum atomic E-state index is 6.30. The van der Waals surface area contributed by atoms with Gasteiger partial charge in [0.2, 0.25) is 5.89 Å². The van der Waals surface area contributed by atoms with Gasteiger partial charge in [-0.1, -0.05) is 38.3 Å². The van der Waals surface area contributed by atoms with Crippen molar-refractivity contribution in [1.82, 2.24) is 10.1 Å². The van der Waals surface area contributed by atoms with Crippen molar-refractivity contribution in [3.63, 3.8) is 0 Å². The molecule has 2 rings (SSSR count). The third-order valence-corrected chi connectivity index (χ3v) is 3.13. The van der Waals surface area contributed by atoms with E-state index in [1.165, 1.54) is 6.42 Å². The summed E-state index contributed by atoms with van der Waals surface area (Å²) in [6.45, 7) is 4.11. The average Bonchev–Trinajstić information content (AvgIpc) is 2.68. The molecule has 0 bridgehead atoms. The largest absolute Gasteiger partial charge is 0.337 e. The van der Waals surface area contributed by atoms with Crippen LogP contribution in [0.15, 0.2) is 4.52 Å². The van der Waals surface area contributed by atoms with E-state index in [1.807, 2.05) is 0 Å². The fraction of sp³-hybridized carbons (Fsp3) is 0.818. The summed E-state index contributed by atoms with van der Waals surface area (Å²) < 4.78 is 5.28. The molecule has 1 heterocycles. The molecule has 1 aliphatic rings. The van der Waals surface area contributed by atoms with Crippen molar-refractivity contribution in [3.8, 4) is 0 Å². The van der Waals surface area contributed by atoms with Crippen LogP contribution >= 0.6 is 0 Å². The summed E-state index contributed by atoms with van der Waals surface area (Å²) in [5.74, 6) is 1.70. The van der Waals surface area contributed by atoms with E-state index in [0.29, 0.717) is 11.8 Å². The van der Waals surface area contributed by atoms with Gasteiger partial charge in [-0.2, -0.15) is 4.98 Å². The van der Waals surface area contributed by atoms with Gasteiger partial charge in [0.25, 0.3) is 0 Å². The van der Waals surface area contributed by atoms with Gasteiger partial charge in [0.05, 0.1) is 5.54 Å².